The van der Waals surface area contributed by atoms with Gasteiger partial charge in [0.2, 0.25) is 5.91 Å². The molecule has 0 saturated carbocycles. The highest BCUT2D eigenvalue weighted by atomic mass is 35.5. The lowest BCUT2D eigenvalue weighted by Crippen LogP contribution is -2.45. The molecular formula is C15H28Cl3N5O2. The van der Waals surface area contributed by atoms with Crippen LogP contribution in [0.1, 0.15) is 5.56 Å². The summed E-state index contributed by atoms with van der Waals surface area (Å²) in [5, 5.41) is 2.82. The Hall–Kier alpha value is -0.830. The van der Waals surface area contributed by atoms with Crippen molar-refractivity contribution in [2.75, 3.05) is 51.8 Å². The second-order valence-electron chi connectivity index (χ2n) is 5.59. The van der Waals surface area contributed by atoms with Crippen molar-refractivity contribution >= 4 is 48.9 Å². The Morgan fingerprint density at radius 2 is 1.96 bits per heavy atom. The van der Waals surface area contributed by atoms with Crippen molar-refractivity contribution in [1.29, 1.82) is 0 Å². The highest BCUT2D eigenvalue weighted by molar-refractivity contribution is 5.86. The first-order valence-corrected chi connectivity index (χ1v) is 7.51. The standard InChI is InChI=1S/C15H25N5O2.3ClH/c1-19-5-7-20(8-6-19)14-9-12(3-4-17-14)10-18-15(21)13(16)11-22-2;;;/h3-4,9,13H,5-8,10-11,16H2,1-2H3,(H,18,21);3*1H. The van der Waals surface area contributed by atoms with Crippen molar-refractivity contribution in [2.45, 2.75) is 12.6 Å². The summed E-state index contributed by atoms with van der Waals surface area (Å²) in [6.45, 7) is 4.67. The van der Waals surface area contributed by atoms with E-state index in [0.717, 1.165) is 37.6 Å². The molecule has 0 radical (unpaired) electrons. The molecule has 1 aliphatic rings. The van der Waals surface area contributed by atoms with Gasteiger partial charge in [-0.15, -0.1) is 37.2 Å². The van der Waals surface area contributed by atoms with Gasteiger partial charge in [-0.2, -0.15) is 0 Å². The number of carbonyl (C=O) groups is 1. The summed E-state index contributed by atoms with van der Waals surface area (Å²) in [4.78, 5) is 20.8. The molecule has 1 amide bonds. The fourth-order valence-electron chi connectivity index (χ4n) is 2.35. The third kappa shape index (κ3) is 8.40. The summed E-state index contributed by atoms with van der Waals surface area (Å²) in [5.41, 5.74) is 6.71. The molecule has 1 aromatic rings. The first-order valence-electron chi connectivity index (χ1n) is 7.51. The van der Waals surface area contributed by atoms with Crippen LogP contribution in [0.25, 0.3) is 0 Å². The van der Waals surface area contributed by atoms with Crippen molar-refractivity contribution in [1.82, 2.24) is 15.2 Å². The van der Waals surface area contributed by atoms with Gasteiger partial charge in [0.25, 0.3) is 0 Å². The lowest BCUT2D eigenvalue weighted by Gasteiger charge is -2.33. The highest BCUT2D eigenvalue weighted by Crippen LogP contribution is 2.14. The SMILES string of the molecule is COCC(N)C(=O)NCc1ccnc(N2CCN(C)CC2)c1.Cl.Cl.Cl. The number of rotatable bonds is 6. The molecule has 25 heavy (non-hydrogen) atoms. The third-order valence-electron chi connectivity index (χ3n) is 3.79. The molecule has 2 heterocycles. The first kappa shape index (κ1) is 26.4. The van der Waals surface area contributed by atoms with Gasteiger partial charge in [-0.25, -0.2) is 4.98 Å². The molecule has 0 aliphatic carbocycles. The number of carbonyl (C=O) groups excluding carboxylic acids is 1. The zero-order valence-electron chi connectivity index (χ0n) is 14.5. The van der Waals surface area contributed by atoms with Gasteiger partial charge in [-0.05, 0) is 24.7 Å². The summed E-state index contributed by atoms with van der Waals surface area (Å²) in [6.07, 6.45) is 1.78. The van der Waals surface area contributed by atoms with Crippen molar-refractivity contribution in [3.05, 3.63) is 23.9 Å². The third-order valence-corrected chi connectivity index (χ3v) is 3.79. The van der Waals surface area contributed by atoms with Crippen LogP contribution in [0.4, 0.5) is 5.82 Å². The Labute approximate surface area is 167 Å². The van der Waals surface area contributed by atoms with Crippen LogP contribution in [0.5, 0.6) is 0 Å². The summed E-state index contributed by atoms with van der Waals surface area (Å²) in [7, 11) is 3.65. The predicted octanol–water partition coefficient (Wildman–Crippen LogP) is 0.689. The second kappa shape index (κ2) is 13.4. The monoisotopic (exact) mass is 415 g/mol. The molecule has 1 atom stereocenters. The van der Waals surface area contributed by atoms with E-state index in [1.54, 1.807) is 6.20 Å². The number of amides is 1. The highest BCUT2D eigenvalue weighted by Gasteiger charge is 2.16. The second-order valence-corrected chi connectivity index (χ2v) is 5.59. The van der Waals surface area contributed by atoms with E-state index in [-0.39, 0.29) is 49.7 Å². The molecular weight excluding hydrogens is 389 g/mol. The zero-order chi connectivity index (χ0) is 15.9. The Balaban J connectivity index is 0. The average molecular weight is 417 g/mol. The van der Waals surface area contributed by atoms with E-state index in [4.69, 9.17) is 10.5 Å². The van der Waals surface area contributed by atoms with Crippen molar-refractivity contribution in [3.8, 4) is 0 Å². The molecule has 7 nitrogen and oxygen atoms in total. The normalized spacial score (nSPS) is 15.2. The molecule has 1 fully saturated rings. The first-order chi connectivity index (χ1) is 10.6. The van der Waals surface area contributed by atoms with Crippen molar-refractivity contribution in [2.24, 2.45) is 5.73 Å². The van der Waals surface area contributed by atoms with Crippen LogP contribution in [-0.2, 0) is 16.1 Å². The van der Waals surface area contributed by atoms with E-state index in [9.17, 15) is 4.79 Å². The summed E-state index contributed by atoms with van der Waals surface area (Å²) < 4.78 is 4.88. The van der Waals surface area contributed by atoms with Crippen LogP contribution >= 0.6 is 37.2 Å². The summed E-state index contributed by atoms with van der Waals surface area (Å²) >= 11 is 0. The lowest BCUT2D eigenvalue weighted by atomic mass is 10.2. The Morgan fingerprint density at radius 1 is 1.32 bits per heavy atom. The minimum absolute atomic E-state index is 0. The molecule has 2 rings (SSSR count). The molecule has 1 unspecified atom stereocenters. The number of halogens is 3. The maximum Gasteiger partial charge on any atom is 0.239 e. The number of ether oxygens (including phenoxy) is 1. The number of nitrogens with one attached hydrogen (secondary N) is 1. The van der Waals surface area contributed by atoms with E-state index in [1.165, 1.54) is 7.11 Å². The fraction of sp³-hybridized carbons (Fsp3) is 0.600. The Bertz CT molecular complexity index is 502. The zero-order valence-corrected chi connectivity index (χ0v) is 17.0. The van der Waals surface area contributed by atoms with Crippen LogP contribution in [0.3, 0.4) is 0 Å². The van der Waals surface area contributed by atoms with Gasteiger partial charge in [-0.3, -0.25) is 4.79 Å². The topological polar surface area (TPSA) is 83.7 Å². The van der Waals surface area contributed by atoms with E-state index >= 15 is 0 Å². The maximum absolute atomic E-state index is 11.8. The van der Waals surface area contributed by atoms with Gasteiger partial charge in [0.15, 0.2) is 0 Å². The van der Waals surface area contributed by atoms with Crippen LogP contribution in [-0.4, -0.2) is 68.8 Å². The average Bonchev–Trinajstić information content (AvgIpc) is 2.54. The van der Waals surface area contributed by atoms with Crippen LogP contribution in [0.15, 0.2) is 18.3 Å². The molecule has 1 aromatic heterocycles. The number of aromatic nitrogens is 1. The Morgan fingerprint density at radius 3 is 2.56 bits per heavy atom. The predicted molar refractivity (Wildman–Crippen MR) is 107 cm³/mol. The molecule has 1 saturated heterocycles. The fourth-order valence-corrected chi connectivity index (χ4v) is 2.35. The largest absolute Gasteiger partial charge is 0.383 e. The number of hydrogen-bond acceptors (Lipinski definition) is 6. The van der Waals surface area contributed by atoms with E-state index in [0.29, 0.717) is 6.54 Å². The van der Waals surface area contributed by atoms with Crippen LogP contribution < -0.4 is 16.0 Å². The van der Waals surface area contributed by atoms with E-state index in [2.05, 4.69) is 27.1 Å². The number of piperazine rings is 1. The van der Waals surface area contributed by atoms with Gasteiger partial charge in [0.05, 0.1) is 6.61 Å². The summed E-state index contributed by atoms with van der Waals surface area (Å²) in [5.74, 6) is 0.751. The van der Waals surface area contributed by atoms with Gasteiger partial charge >= 0.3 is 0 Å². The maximum atomic E-state index is 11.8. The Kier molecular flexibility index (Phi) is 14.1. The van der Waals surface area contributed by atoms with Crippen LogP contribution in [0, 0.1) is 0 Å². The lowest BCUT2D eigenvalue weighted by molar-refractivity contribution is -0.123. The number of hydrogen-bond donors (Lipinski definition) is 2. The van der Waals surface area contributed by atoms with E-state index in [1.807, 2.05) is 12.1 Å². The minimum atomic E-state index is -0.635. The number of anilines is 1. The molecule has 146 valence electrons. The number of pyridine rings is 1. The van der Waals surface area contributed by atoms with Gasteiger partial charge < -0.3 is 25.6 Å². The quantitative estimate of drug-likeness (QED) is 0.710. The molecule has 10 heteroatoms. The molecule has 0 bridgehead atoms. The van der Waals surface area contributed by atoms with Crippen molar-refractivity contribution < 1.29 is 9.53 Å². The molecule has 0 spiro atoms. The minimum Gasteiger partial charge on any atom is -0.383 e. The van der Waals surface area contributed by atoms with Gasteiger partial charge in [0, 0.05) is 46.0 Å². The number of likely N-dealkylation sites (N-methyl/N-ethyl adjacent to an activating group) is 1. The number of nitrogens with two attached hydrogens (primary N) is 1. The molecule has 1 aliphatic heterocycles. The molecule has 0 aromatic carbocycles. The van der Waals surface area contributed by atoms with Gasteiger partial charge in [0.1, 0.15) is 11.9 Å². The van der Waals surface area contributed by atoms with Crippen LogP contribution in [0.2, 0.25) is 0 Å². The van der Waals surface area contributed by atoms with E-state index < -0.39 is 6.04 Å². The number of methoxy groups -OCH3 is 1. The summed E-state index contributed by atoms with van der Waals surface area (Å²) in [6, 6.07) is 3.29. The molecule has 3 N–H and O–H groups in total. The van der Waals surface area contributed by atoms with Crippen molar-refractivity contribution in [3.63, 3.8) is 0 Å². The van der Waals surface area contributed by atoms with Gasteiger partial charge in [-0.1, -0.05) is 0 Å². The smallest absolute Gasteiger partial charge is 0.239 e. The number of nitrogens with zero attached hydrogens (tertiary/aromatic N) is 3.